The normalized spacial score (nSPS) is 18.9. The molecule has 0 aromatic carbocycles. The van der Waals surface area contributed by atoms with Crippen LogP contribution in [0.5, 0.6) is 0 Å². The van der Waals surface area contributed by atoms with Crippen molar-refractivity contribution in [1.82, 2.24) is 0 Å². The zero-order chi connectivity index (χ0) is 5.82. The van der Waals surface area contributed by atoms with E-state index in [0.717, 1.165) is 0 Å². The second-order valence-electron chi connectivity index (χ2n) is 2.47. The minimum atomic E-state index is 0. The second kappa shape index (κ2) is 8.29. The Balaban J connectivity index is 0. The Morgan fingerprint density at radius 2 is 1.70 bits per heavy atom. The molecule has 1 saturated carbocycles. The van der Waals surface area contributed by atoms with Crippen molar-refractivity contribution in [3.05, 3.63) is 12.3 Å². The summed E-state index contributed by atoms with van der Waals surface area (Å²) in [6.45, 7) is 2.26. The molecule has 0 N–H and O–H groups in total. The average molecular weight is 124 g/mol. The van der Waals surface area contributed by atoms with E-state index in [-0.39, 0.29) is 37.7 Å². The summed E-state index contributed by atoms with van der Waals surface area (Å²) in [7, 11) is 0. The maximum atomic E-state index is 2.40. The monoisotopic (exact) mass is 124 g/mol. The van der Waals surface area contributed by atoms with Crippen molar-refractivity contribution in [2.75, 3.05) is 0 Å². The molecule has 0 unspecified atom stereocenters. The van der Waals surface area contributed by atoms with Gasteiger partial charge in [-0.2, -0.15) is 6.42 Å². The molecular weight excluding hydrogens is 110 g/mol. The van der Waals surface area contributed by atoms with Crippen LogP contribution in [-0.2, 0) is 0 Å². The molecule has 10 heavy (non-hydrogen) atoms. The van der Waals surface area contributed by atoms with Crippen LogP contribution in [0.2, 0.25) is 0 Å². The van der Waals surface area contributed by atoms with Gasteiger partial charge in [0.25, 0.3) is 0 Å². The van der Waals surface area contributed by atoms with Gasteiger partial charge in [-0.05, 0) is 0 Å². The van der Waals surface area contributed by atoms with E-state index >= 15 is 0 Å². The van der Waals surface area contributed by atoms with Gasteiger partial charge in [-0.15, -0.1) is 0 Å². The SMILES string of the molecule is CC[C-]1CC[CH-]CC1.[Li+].[Li+]. The summed E-state index contributed by atoms with van der Waals surface area (Å²) in [5.74, 6) is 1.77. The summed E-state index contributed by atoms with van der Waals surface area (Å²) in [5.41, 5.74) is 0. The Hall–Kier alpha value is 1.19. The van der Waals surface area contributed by atoms with Gasteiger partial charge in [-0.25, -0.2) is 25.7 Å². The summed E-state index contributed by atoms with van der Waals surface area (Å²) in [5, 5.41) is 0. The van der Waals surface area contributed by atoms with Gasteiger partial charge in [-0.1, -0.05) is 6.92 Å². The average Bonchev–Trinajstić information content (AvgIpc) is 1.90. The molecular formula is C8H14Li2. The number of hydrogen-bond donors (Lipinski definition) is 0. The molecule has 0 aromatic rings. The molecule has 0 spiro atoms. The van der Waals surface area contributed by atoms with Crippen LogP contribution in [-0.4, -0.2) is 0 Å². The van der Waals surface area contributed by atoms with Crippen LogP contribution in [0.25, 0.3) is 0 Å². The van der Waals surface area contributed by atoms with Crippen molar-refractivity contribution in [2.45, 2.75) is 39.0 Å². The minimum absolute atomic E-state index is 0. The zero-order valence-electron chi connectivity index (χ0n) is 7.61. The van der Waals surface area contributed by atoms with Gasteiger partial charge >= 0.3 is 37.7 Å². The van der Waals surface area contributed by atoms with Crippen LogP contribution in [0.3, 0.4) is 0 Å². The molecule has 0 aromatic heterocycles. The van der Waals surface area contributed by atoms with E-state index in [0.29, 0.717) is 0 Å². The van der Waals surface area contributed by atoms with Crippen LogP contribution in [0.15, 0.2) is 0 Å². The fourth-order valence-corrected chi connectivity index (χ4v) is 1.24. The zero-order valence-corrected chi connectivity index (χ0v) is 7.61. The molecule has 0 radical (unpaired) electrons. The Morgan fingerprint density at radius 1 is 1.20 bits per heavy atom. The Bertz CT molecular complexity index is 58.3. The Kier molecular flexibility index (Phi) is 11.4. The third kappa shape index (κ3) is 4.93. The van der Waals surface area contributed by atoms with Gasteiger partial charge in [0.2, 0.25) is 0 Å². The van der Waals surface area contributed by atoms with Crippen LogP contribution in [0.4, 0.5) is 0 Å². The van der Waals surface area contributed by atoms with Crippen molar-refractivity contribution in [3.63, 3.8) is 0 Å². The van der Waals surface area contributed by atoms with Gasteiger partial charge < -0.3 is 12.3 Å². The Morgan fingerprint density at radius 3 is 2.00 bits per heavy atom. The summed E-state index contributed by atoms with van der Waals surface area (Å²) in [4.78, 5) is 0. The minimum Gasteiger partial charge on any atom is -0.333 e. The van der Waals surface area contributed by atoms with Gasteiger partial charge in [0, 0.05) is 0 Å². The molecule has 0 aliphatic heterocycles. The molecule has 1 aliphatic carbocycles. The molecule has 0 heterocycles. The maximum Gasteiger partial charge on any atom is 1.00 e. The van der Waals surface area contributed by atoms with Crippen molar-refractivity contribution in [2.24, 2.45) is 0 Å². The molecule has 0 nitrogen and oxygen atoms in total. The van der Waals surface area contributed by atoms with Crippen molar-refractivity contribution < 1.29 is 37.7 Å². The van der Waals surface area contributed by atoms with E-state index in [1.54, 1.807) is 5.92 Å². The van der Waals surface area contributed by atoms with Crippen LogP contribution >= 0.6 is 0 Å². The molecule has 2 heteroatoms. The fraction of sp³-hybridized carbons (Fsp3) is 0.750. The summed E-state index contributed by atoms with van der Waals surface area (Å²) >= 11 is 0. The molecule has 0 amide bonds. The number of rotatable bonds is 1. The standard InChI is InChI=1S/C8H14.2Li/c1-2-8-6-4-3-5-7-8;;/h3H,2,4-7H2,1H3;;/q-2;2*+1. The first-order valence-corrected chi connectivity index (χ1v) is 3.58. The fourth-order valence-electron chi connectivity index (χ4n) is 1.24. The van der Waals surface area contributed by atoms with Gasteiger partial charge in [-0.3, -0.25) is 0 Å². The maximum absolute atomic E-state index is 2.40. The smallest absolute Gasteiger partial charge is 0.333 e. The van der Waals surface area contributed by atoms with E-state index in [4.69, 9.17) is 0 Å². The largest absolute Gasteiger partial charge is 1.00 e. The first kappa shape index (κ1) is 13.8. The molecule has 0 bridgehead atoms. The van der Waals surface area contributed by atoms with Gasteiger partial charge in [0.1, 0.15) is 0 Å². The Labute approximate surface area is 88.9 Å². The van der Waals surface area contributed by atoms with Crippen molar-refractivity contribution in [3.8, 4) is 0 Å². The molecule has 48 valence electrons. The van der Waals surface area contributed by atoms with E-state index in [2.05, 4.69) is 13.3 Å². The van der Waals surface area contributed by atoms with E-state index in [1.807, 2.05) is 0 Å². The summed E-state index contributed by atoms with van der Waals surface area (Å²) in [6.07, 6.45) is 9.13. The number of hydrogen-bond acceptors (Lipinski definition) is 0. The van der Waals surface area contributed by atoms with Crippen molar-refractivity contribution in [1.29, 1.82) is 0 Å². The van der Waals surface area contributed by atoms with E-state index in [1.165, 1.54) is 32.1 Å². The van der Waals surface area contributed by atoms with Crippen LogP contribution in [0, 0.1) is 12.3 Å². The van der Waals surface area contributed by atoms with Gasteiger partial charge in [0.05, 0.1) is 0 Å². The first-order chi connectivity index (χ1) is 3.93. The molecule has 0 saturated heterocycles. The molecule has 1 rings (SSSR count). The predicted molar refractivity (Wildman–Crippen MR) is 36.3 cm³/mol. The summed E-state index contributed by atoms with van der Waals surface area (Å²) < 4.78 is 0. The molecule has 1 fully saturated rings. The molecule has 0 atom stereocenters. The van der Waals surface area contributed by atoms with Crippen LogP contribution < -0.4 is 37.7 Å². The third-order valence-electron chi connectivity index (χ3n) is 1.90. The first-order valence-electron chi connectivity index (χ1n) is 3.58. The molecule has 1 aliphatic rings. The van der Waals surface area contributed by atoms with E-state index < -0.39 is 0 Å². The van der Waals surface area contributed by atoms with E-state index in [9.17, 15) is 0 Å². The third-order valence-corrected chi connectivity index (χ3v) is 1.90. The topological polar surface area (TPSA) is 0 Å². The summed E-state index contributed by atoms with van der Waals surface area (Å²) in [6, 6.07) is 0. The van der Waals surface area contributed by atoms with Crippen LogP contribution in [0.1, 0.15) is 39.0 Å². The second-order valence-corrected chi connectivity index (χ2v) is 2.47. The van der Waals surface area contributed by atoms with Gasteiger partial charge in [0.15, 0.2) is 0 Å². The quantitative estimate of drug-likeness (QED) is 0.254. The predicted octanol–water partition coefficient (Wildman–Crippen LogP) is -3.24. The van der Waals surface area contributed by atoms with Crippen molar-refractivity contribution >= 4 is 0 Å².